The van der Waals surface area contributed by atoms with Crippen molar-refractivity contribution >= 4 is 21.6 Å². The van der Waals surface area contributed by atoms with Crippen LogP contribution in [0.4, 0.5) is 26.3 Å². The SMILES string of the molecule is COC(CNCc1sc2c(c1C)c(=O)n(CC(F)(F)F)c(=O)n2CCC(F)(F)F)OC. The molecule has 0 spiro atoms. The van der Waals surface area contributed by atoms with E-state index >= 15 is 0 Å². The zero-order valence-electron chi connectivity index (χ0n) is 16.8. The Kier molecular flexibility index (Phi) is 7.94. The van der Waals surface area contributed by atoms with Gasteiger partial charge in [-0.3, -0.25) is 13.9 Å². The maximum absolute atomic E-state index is 12.9. The number of methoxy groups -OCH3 is 2. The molecule has 2 aromatic rings. The number of ether oxygens (including phenoxy) is 2. The van der Waals surface area contributed by atoms with Crippen LogP contribution in [0.3, 0.4) is 0 Å². The van der Waals surface area contributed by atoms with E-state index in [-0.39, 0.29) is 27.9 Å². The lowest BCUT2D eigenvalue weighted by Gasteiger charge is -2.14. The van der Waals surface area contributed by atoms with Crippen molar-refractivity contribution in [2.45, 2.75) is 51.6 Å². The van der Waals surface area contributed by atoms with E-state index in [2.05, 4.69) is 5.32 Å². The Labute approximate surface area is 176 Å². The molecule has 1 N–H and O–H groups in total. The van der Waals surface area contributed by atoms with Crippen LogP contribution in [-0.4, -0.2) is 48.5 Å². The zero-order valence-corrected chi connectivity index (χ0v) is 17.6. The van der Waals surface area contributed by atoms with Gasteiger partial charge >= 0.3 is 18.0 Å². The van der Waals surface area contributed by atoms with Crippen molar-refractivity contribution in [3.05, 3.63) is 31.3 Å². The average molecular weight is 477 g/mol. The Morgan fingerprint density at radius 1 is 1.03 bits per heavy atom. The quantitative estimate of drug-likeness (QED) is 0.444. The summed E-state index contributed by atoms with van der Waals surface area (Å²) in [4.78, 5) is 25.6. The lowest BCUT2D eigenvalue weighted by atomic mass is 10.2. The summed E-state index contributed by atoms with van der Waals surface area (Å²) in [6.45, 7) is -0.948. The van der Waals surface area contributed by atoms with Crippen molar-refractivity contribution < 1.29 is 35.8 Å². The number of rotatable bonds is 9. The Morgan fingerprint density at radius 2 is 1.65 bits per heavy atom. The van der Waals surface area contributed by atoms with Crippen molar-refractivity contribution in [3.8, 4) is 0 Å². The smallest absolute Gasteiger partial charge is 0.355 e. The van der Waals surface area contributed by atoms with E-state index in [1.165, 1.54) is 21.1 Å². The van der Waals surface area contributed by atoms with Crippen molar-refractivity contribution in [1.82, 2.24) is 14.5 Å². The van der Waals surface area contributed by atoms with E-state index in [1.54, 1.807) is 0 Å². The molecule has 31 heavy (non-hydrogen) atoms. The van der Waals surface area contributed by atoms with Gasteiger partial charge in [0.15, 0.2) is 6.29 Å². The summed E-state index contributed by atoms with van der Waals surface area (Å²) in [5, 5.41) is 2.77. The van der Waals surface area contributed by atoms with Crippen molar-refractivity contribution in [2.75, 3.05) is 20.8 Å². The number of nitrogens with zero attached hydrogens (tertiary/aromatic N) is 2. The minimum atomic E-state index is -4.90. The third kappa shape index (κ3) is 6.30. The maximum atomic E-state index is 12.9. The van der Waals surface area contributed by atoms with E-state index in [9.17, 15) is 35.9 Å². The third-order valence-electron chi connectivity index (χ3n) is 4.47. The molecule has 7 nitrogen and oxygen atoms in total. The maximum Gasteiger partial charge on any atom is 0.406 e. The Bertz CT molecular complexity index is 1020. The fourth-order valence-electron chi connectivity index (χ4n) is 2.93. The number of alkyl halides is 6. The summed E-state index contributed by atoms with van der Waals surface area (Å²) < 4.78 is 87.4. The molecule has 0 saturated heterocycles. The van der Waals surface area contributed by atoms with E-state index in [0.717, 1.165) is 11.3 Å². The normalized spacial score (nSPS) is 13.0. The first kappa shape index (κ1) is 25.4. The number of thiophene rings is 1. The van der Waals surface area contributed by atoms with Crippen LogP contribution in [0.2, 0.25) is 0 Å². The van der Waals surface area contributed by atoms with Crippen LogP contribution in [0.5, 0.6) is 0 Å². The molecule has 0 fully saturated rings. The molecular weight excluding hydrogens is 456 g/mol. The van der Waals surface area contributed by atoms with E-state index < -0.39 is 49.4 Å². The highest BCUT2D eigenvalue weighted by Crippen LogP contribution is 2.29. The number of hydrogen-bond acceptors (Lipinski definition) is 6. The Balaban J connectivity index is 2.57. The first-order valence-corrected chi connectivity index (χ1v) is 9.76. The zero-order chi connectivity index (χ0) is 23.6. The molecule has 0 saturated carbocycles. The van der Waals surface area contributed by atoms with Gasteiger partial charge in [-0.05, 0) is 12.5 Å². The predicted molar refractivity (Wildman–Crippen MR) is 101 cm³/mol. The molecule has 14 heteroatoms. The lowest BCUT2D eigenvalue weighted by Crippen LogP contribution is -2.43. The van der Waals surface area contributed by atoms with Gasteiger partial charge in [0.05, 0.1) is 11.8 Å². The second-order valence-electron chi connectivity index (χ2n) is 6.67. The van der Waals surface area contributed by atoms with E-state index in [4.69, 9.17) is 9.47 Å². The Morgan fingerprint density at radius 3 is 2.16 bits per heavy atom. The second kappa shape index (κ2) is 9.71. The number of nitrogens with one attached hydrogen (secondary N) is 1. The largest absolute Gasteiger partial charge is 0.406 e. The molecule has 2 rings (SSSR count). The van der Waals surface area contributed by atoms with Crippen LogP contribution < -0.4 is 16.6 Å². The van der Waals surface area contributed by atoms with Gasteiger partial charge in [-0.2, -0.15) is 26.3 Å². The summed E-state index contributed by atoms with van der Waals surface area (Å²) in [6, 6.07) is 0. The highest BCUT2D eigenvalue weighted by molar-refractivity contribution is 7.18. The summed E-state index contributed by atoms with van der Waals surface area (Å²) >= 11 is 0.880. The third-order valence-corrected chi connectivity index (χ3v) is 5.79. The lowest BCUT2D eigenvalue weighted by molar-refractivity contribution is -0.143. The highest BCUT2D eigenvalue weighted by Gasteiger charge is 2.33. The number of fused-ring (bicyclic) bond motifs is 1. The van der Waals surface area contributed by atoms with Crippen LogP contribution in [0.25, 0.3) is 10.2 Å². The van der Waals surface area contributed by atoms with Gasteiger partial charge in [-0.25, -0.2) is 4.79 Å². The molecule has 0 aromatic carbocycles. The fraction of sp³-hybridized carbons (Fsp3) is 0.647. The van der Waals surface area contributed by atoms with Crippen LogP contribution in [-0.2, 0) is 29.1 Å². The van der Waals surface area contributed by atoms with Gasteiger partial charge in [-0.15, -0.1) is 11.3 Å². The summed E-state index contributed by atoms with van der Waals surface area (Å²) in [5.74, 6) is 0. The van der Waals surface area contributed by atoms with E-state index in [0.29, 0.717) is 15.0 Å². The molecule has 176 valence electrons. The first-order chi connectivity index (χ1) is 14.3. The summed E-state index contributed by atoms with van der Waals surface area (Å²) in [5.41, 5.74) is -2.33. The van der Waals surface area contributed by atoms with Gasteiger partial charge in [-0.1, -0.05) is 0 Å². The molecule has 0 unspecified atom stereocenters. The first-order valence-electron chi connectivity index (χ1n) is 8.94. The molecule has 0 amide bonds. The van der Waals surface area contributed by atoms with Crippen LogP contribution >= 0.6 is 11.3 Å². The van der Waals surface area contributed by atoms with Gasteiger partial charge in [0.1, 0.15) is 11.4 Å². The number of aryl methyl sites for hydroxylation is 2. The second-order valence-corrected chi connectivity index (χ2v) is 7.75. The number of halogens is 6. The number of hydrogen-bond donors (Lipinski definition) is 1. The summed E-state index contributed by atoms with van der Waals surface area (Å²) in [7, 11) is 2.84. The molecule has 0 aliphatic carbocycles. The number of aromatic nitrogens is 2. The van der Waals surface area contributed by atoms with Crippen molar-refractivity contribution in [2.24, 2.45) is 0 Å². The topological polar surface area (TPSA) is 74.5 Å². The minimum absolute atomic E-state index is 0.0679. The monoisotopic (exact) mass is 477 g/mol. The molecule has 0 aliphatic heterocycles. The molecule has 2 heterocycles. The van der Waals surface area contributed by atoms with Gasteiger partial charge in [0.25, 0.3) is 5.56 Å². The molecule has 0 aliphatic rings. The average Bonchev–Trinajstić information content (AvgIpc) is 2.97. The Hall–Kier alpha value is -1.90. The highest BCUT2D eigenvalue weighted by atomic mass is 32.1. The van der Waals surface area contributed by atoms with E-state index in [1.807, 2.05) is 0 Å². The van der Waals surface area contributed by atoms with Crippen LogP contribution in [0.15, 0.2) is 9.59 Å². The van der Waals surface area contributed by atoms with Crippen molar-refractivity contribution in [3.63, 3.8) is 0 Å². The molecule has 0 atom stereocenters. The molecule has 0 radical (unpaired) electrons. The fourth-order valence-corrected chi connectivity index (χ4v) is 4.21. The van der Waals surface area contributed by atoms with Crippen LogP contribution in [0, 0.1) is 6.92 Å². The standard InChI is InChI=1S/C17H21F6N3O4S/c1-9-10(6-24-7-11(29-2)30-3)31-14-12(9)13(27)26(8-17(21,22)23)15(28)25(14)5-4-16(18,19)20/h11,24H,4-8H2,1-3H3. The van der Waals surface area contributed by atoms with Crippen molar-refractivity contribution in [1.29, 1.82) is 0 Å². The molecule has 0 bridgehead atoms. The van der Waals surface area contributed by atoms with Gasteiger partial charge in [0, 0.05) is 38.7 Å². The van der Waals surface area contributed by atoms with Gasteiger partial charge < -0.3 is 14.8 Å². The van der Waals surface area contributed by atoms with Gasteiger partial charge in [0.2, 0.25) is 0 Å². The molecule has 2 aromatic heterocycles. The predicted octanol–water partition coefficient (Wildman–Crippen LogP) is 2.76. The summed E-state index contributed by atoms with van der Waals surface area (Å²) in [6.07, 6.45) is -11.5. The minimum Gasteiger partial charge on any atom is -0.355 e. The van der Waals surface area contributed by atoms with Crippen LogP contribution in [0.1, 0.15) is 16.9 Å². The molecular formula is C17H21F6N3O4S.